The molecule has 7 aromatic carbocycles. The van der Waals surface area contributed by atoms with Crippen molar-refractivity contribution in [1.82, 2.24) is 0 Å². The molecule has 0 spiro atoms. The number of benzene rings is 7. The van der Waals surface area contributed by atoms with Crippen molar-refractivity contribution in [1.29, 1.82) is 0 Å². The van der Waals surface area contributed by atoms with Gasteiger partial charge in [-0.1, -0.05) is 42.5 Å². The average Bonchev–Trinajstić information content (AvgIpc) is 3.09. The smallest absolute Gasteiger partial charge is 0.151 e. The molecule has 0 fully saturated rings. The lowest BCUT2D eigenvalue weighted by Gasteiger charge is -2.09. The lowest BCUT2D eigenvalue weighted by Crippen LogP contribution is -1.83. The molecule has 51 heavy (non-hydrogen) atoms. The summed E-state index contributed by atoms with van der Waals surface area (Å²) in [6.07, 6.45) is 0. The minimum atomic E-state index is -0.116. The highest BCUT2D eigenvalue weighted by Crippen LogP contribution is 2.43. The van der Waals surface area contributed by atoms with Crippen molar-refractivity contribution in [2.75, 3.05) is 0 Å². The van der Waals surface area contributed by atoms with Crippen molar-refractivity contribution in [3.05, 3.63) is 124 Å². The predicted octanol–water partition coefficient (Wildman–Crippen LogP) is 13.4. The highest BCUT2D eigenvalue weighted by molar-refractivity contribution is 5.99. The lowest BCUT2D eigenvalue weighted by molar-refractivity contribution is 0.475. The zero-order valence-electron chi connectivity index (χ0n) is 29.2. The molecule has 0 atom stereocenters. The quantitative estimate of drug-likeness (QED) is 0.152. The molecule has 0 bridgehead atoms. The summed E-state index contributed by atoms with van der Waals surface area (Å²) in [5.41, 5.74) is 8.37. The standard InChI is InChI=1S/C42H36N6O3/c1-22-14-29-11-10-24(3)40(39(29)38(50)15-22)47-43-30-13-12-28-16-27(6)41(42(51)34(28)19-30)48-46-36-18-26(5)35(21-37(36)49)45-44-31-17-25(4)32-9-7-8-23(2)33(32)20-31/h7-21,49-51H,1-6H3. The summed E-state index contributed by atoms with van der Waals surface area (Å²) in [7, 11) is 0. The van der Waals surface area contributed by atoms with E-state index >= 15 is 0 Å². The van der Waals surface area contributed by atoms with Gasteiger partial charge in [-0.25, -0.2) is 0 Å². The first-order valence-electron chi connectivity index (χ1n) is 16.5. The number of hydrogen-bond donors (Lipinski definition) is 3. The monoisotopic (exact) mass is 672 g/mol. The molecule has 7 aromatic rings. The van der Waals surface area contributed by atoms with E-state index in [4.69, 9.17) is 0 Å². The average molecular weight is 673 g/mol. The van der Waals surface area contributed by atoms with Gasteiger partial charge >= 0.3 is 0 Å². The molecule has 0 amide bonds. The topological polar surface area (TPSA) is 135 Å². The van der Waals surface area contributed by atoms with Crippen molar-refractivity contribution in [3.63, 3.8) is 0 Å². The van der Waals surface area contributed by atoms with Gasteiger partial charge in [0.25, 0.3) is 0 Å². The van der Waals surface area contributed by atoms with Crippen LogP contribution in [0.15, 0.2) is 122 Å². The Bertz CT molecular complexity index is 2640. The third kappa shape index (κ3) is 6.37. The van der Waals surface area contributed by atoms with Crippen molar-refractivity contribution in [2.45, 2.75) is 41.5 Å². The maximum Gasteiger partial charge on any atom is 0.151 e. The van der Waals surface area contributed by atoms with E-state index in [1.54, 1.807) is 18.2 Å². The first-order valence-corrected chi connectivity index (χ1v) is 16.5. The first kappa shape index (κ1) is 33.0. The summed E-state index contributed by atoms with van der Waals surface area (Å²) in [6.45, 7) is 11.7. The molecule has 252 valence electrons. The van der Waals surface area contributed by atoms with Gasteiger partial charge in [-0.15, -0.1) is 15.3 Å². The van der Waals surface area contributed by atoms with E-state index in [1.807, 2.05) is 82.3 Å². The highest BCUT2D eigenvalue weighted by atomic mass is 16.3. The fourth-order valence-electron chi connectivity index (χ4n) is 6.43. The Hall–Kier alpha value is -6.48. The van der Waals surface area contributed by atoms with Crippen LogP contribution in [0.25, 0.3) is 32.3 Å². The lowest BCUT2D eigenvalue weighted by atomic mass is 10.0. The van der Waals surface area contributed by atoms with Gasteiger partial charge < -0.3 is 15.3 Å². The Morgan fingerprint density at radius 1 is 0.412 bits per heavy atom. The predicted molar refractivity (Wildman–Crippen MR) is 204 cm³/mol. The van der Waals surface area contributed by atoms with E-state index in [9.17, 15) is 15.3 Å². The van der Waals surface area contributed by atoms with Gasteiger partial charge in [0.15, 0.2) is 5.75 Å². The van der Waals surface area contributed by atoms with Crippen LogP contribution in [0.4, 0.5) is 34.1 Å². The Morgan fingerprint density at radius 2 is 1.14 bits per heavy atom. The molecule has 9 heteroatoms. The summed E-state index contributed by atoms with van der Waals surface area (Å²) in [5.74, 6) is -0.0344. The highest BCUT2D eigenvalue weighted by Gasteiger charge is 2.14. The number of phenols is 3. The van der Waals surface area contributed by atoms with Crippen LogP contribution in [-0.2, 0) is 0 Å². The van der Waals surface area contributed by atoms with Crippen molar-refractivity contribution in [3.8, 4) is 17.2 Å². The third-order valence-electron chi connectivity index (χ3n) is 9.17. The van der Waals surface area contributed by atoms with Gasteiger partial charge in [0.05, 0.1) is 22.4 Å². The maximum atomic E-state index is 11.4. The van der Waals surface area contributed by atoms with Crippen molar-refractivity contribution in [2.24, 2.45) is 30.7 Å². The Labute approximate surface area is 295 Å². The number of fused-ring (bicyclic) bond motifs is 3. The van der Waals surface area contributed by atoms with Crippen LogP contribution in [-0.4, -0.2) is 15.3 Å². The molecule has 0 aliphatic carbocycles. The van der Waals surface area contributed by atoms with Gasteiger partial charge in [-0.2, -0.15) is 15.3 Å². The maximum absolute atomic E-state index is 11.4. The molecule has 0 saturated heterocycles. The van der Waals surface area contributed by atoms with Gasteiger partial charge in [-0.05, 0) is 139 Å². The molecule has 9 nitrogen and oxygen atoms in total. The van der Waals surface area contributed by atoms with E-state index in [1.165, 1.54) is 17.0 Å². The number of nitrogens with zero attached hydrogens (tertiary/aromatic N) is 6. The molecule has 0 aromatic heterocycles. The fraction of sp³-hybridized carbons (Fsp3) is 0.143. The van der Waals surface area contributed by atoms with Gasteiger partial charge in [0.1, 0.15) is 28.6 Å². The van der Waals surface area contributed by atoms with Crippen LogP contribution in [0.1, 0.15) is 33.4 Å². The second-order valence-corrected chi connectivity index (χ2v) is 13.1. The summed E-state index contributed by atoms with van der Waals surface area (Å²) < 4.78 is 0. The van der Waals surface area contributed by atoms with Crippen LogP contribution >= 0.6 is 0 Å². The summed E-state index contributed by atoms with van der Waals surface area (Å²) in [5, 5.41) is 64.6. The van der Waals surface area contributed by atoms with E-state index in [-0.39, 0.29) is 28.6 Å². The van der Waals surface area contributed by atoms with E-state index in [2.05, 4.69) is 56.7 Å². The fourth-order valence-corrected chi connectivity index (χ4v) is 6.43. The van der Waals surface area contributed by atoms with Gasteiger partial charge in [-0.3, -0.25) is 0 Å². The molecular weight excluding hydrogens is 637 g/mol. The SMILES string of the molecule is Cc1cc(O)c2c(N=Nc3ccc4cc(C)c(N=Nc5cc(C)c(N=Nc6cc(C)c7cccc(C)c7c6)cc5O)c(O)c4c3)c(C)ccc2c1. The number of phenolic OH excluding ortho intramolecular Hbond substituents is 3. The largest absolute Gasteiger partial charge is 0.507 e. The number of hydrogen-bond acceptors (Lipinski definition) is 9. The van der Waals surface area contributed by atoms with E-state index in [0.29, 0.717) is 33.4 Å². The molecule has 0 saturated carbocycles. The minimum absolute atomic E-state index is 0.0668. The number of rotatable bonds is 6. The number of aromatic hydroxyl groups is 3. The second-order valence-electron chi connectivity index (χ2n) is 13.1. The third-order valence-corrected chi connectivity index (χ3v) is 9.17. The minimum Gasteiger partial charge on any atom is -0.507 e. The Balaban J connectivity index is 1.17. The Morgan fingerprint density at radius 3 is 1.96 bits per heavy atom. The first-order chi connectivity index (χ1) is 24.5. The van der Waals surface area contributed by atoms with Crippen LogP contribution in [0.3, 0.4) is 0 Å². The molecule has 0 unspecified atom stereocenters. The molecule has 0 aliphatic heterocycles. The zero-order chi connectivity index (χ0) is 36.0. The summed E-state index contributed by atoms with van der Waals surface area (Å²) in [6, 6.07) is 28.3. The van der Waals surface area contributed by atoms with Gasteiger partial charge in [0, 0.05) is 11.5 Å². The molecule has 0 radical (unpaired) electrons. The normalized spacial score (nSPS) is 12.1. The van der Waals surface area contributed by atoms with Crippen LogP contribution < -0.4 is 0 Å². The van der Waals surface area contributed by atoms with Crippen LogP contribution in [0.2, 0.25) is 0 Å². The second kappa shape index (κ2) is 13.1. The molecule has 7 rings (SSSR count). The van der Waals surface area contributed by atoms with Gasteiger partial charge in [0.2, 0.25) is 0 Å². The molecule has 0 heterocycles. The van der Waals surface area contributed by atoms with Crippen LogP contribution in [0, 0.1) is 41.5 Å². The Kier molecular flexibility index (Phi) is 8.48. The van der Waals surface area contributed by atoms with Crippen LogP contribution in [0.5, 0.6) is 17.2 Å². The zero-order valence-corrected chi connectivity index (χ0v) is 29.2. The molecular formula is C42H36N6O3. The number of azo groups is 3. The van der Waals surface area contributed by atoms with Crippen molar-refractivity contribution < 1.29 is 15.3 Å². The molecule has 3 N–H and O–H groups in total. The van der Waals surface area contributed by atoms with Crippen molar-refractivity contribution >= 4 is 66.4 Å². The van der Waals surface area contributed by atoms with E-state index in [0.717, 1.165) is 44.1 Å². The summed E-state index contributed by atoms with van der Waals surface area (Å²) >= 11 is 0. The summed E-state index contributed by atoms with van der Waals surface area (Å²) in [4.78, 5) is 0. The molecule has 0 aliphatic rings. The van der Waals surface area contributed by atoms with E-state index < -0.39 is 0 Å². The number of aryl methyl sites for hydroxylation is 6.